The van der Waals surface area contributed by atoms with E-state index in [2.05, 4.69) is 6.58 Å². The Morgan fingerprint density at radius 1 is 1.10 bits per heavy atom. The third-order valence-electron chi connectivity index (χ3n) is 5.07. The van der Waals surface area contributed by atoms with Crippen LogP contribution < -0.4 is 4.74 Å². The van der Waals surface area contributed by atoms with Crippen molar-refractivity contribution in [2.24, 2.45) is 0 Å². The molecule has 0 aliphatic carbocycles. The second-order valence-corrected chi connectivity index (χ2v) is 7.42. The van der Waals surface area contributed by atoms with E-state index in [9.17, 15) is 4.79 Å². The third kappa shape index (κ3) is 6.80. The van der Waals surface area contributed by atoms with Gasteiger partial charge in [-0.05, 0) is 24.1 Å². The molecule has 1 fully saturated rings. The van der Waals surface area contributed by atoms with E-state index in [-0.39, 0.29) is 18.0 Å². The van der Waals surface area contributed by atoms with Gasteiger partial charge in [-0.3, -0.25) is 4.79 Å². The highest BCUT2D eigenvalue weighted by Crippen LogP contribution is 2.32. The minimum absolute atomic E-state index is 0.0265. The summed E-state index contributed by atoms with van der Waals surface area (Å²) in [6.45, 7) is 4.76. The number of ether oxygens (including phenoxy) is 4. The molecule has 3 rings (SSSR count). The molecule has 3 atom stereocenters. The highest BCUT2D eigenvalue weighted by Gasteiger charge is 2.31. The van der Waals surface area contributed by atoms with Crippen LogP contribution in [0.15, 0.2) is 67.3 Å². The summed E-state index contributed by atoms with van der Waals surface area (Å²) in [5.41, 5.74) is 2.06. The van der Waals surface area contributed by atoms with Crippen molar-refractivity contribution in [1.29, 1.82) is 0 Å². The predicted molar refractivity (Wildman–Crippen MR) is 115 cm³/mol. The first-order valence-electron chi connectivity index (χ1n) is 10.4. The number of rotatable bonds is 11. The maximum Gasteiger partial charge on any atom is 0.184 e. The average molecular weight is 411 g/mol. The lowest BCUT2D eigenvalue weighted by atomic mass is 10.0. The topological polar surface area (TPSA) is 54.0 Å². The van der Waals surface area contributed by atoms with E-state index in [0.717, 1.165) is 23.3 Å². The maximum absolute atomic E-state index is 12.1. The first-order chi connectivity index (χ1) is 14.7. The van der Waals surface area contributed by atoms with Crippen LogP contribution in [0.5, 0.6) is 5.75 Å². The van der Waals surface area contributed by atoms with Gasteiger partial charge in [-0.15, -0.1) is 6.58 Å². The van der Waals surface area contributed by atoms with Crippen LogP contribution in [0.1, 0.15) is 43.1 Å². The molecule has 0 saturated carbocycles. The van der Waals surface area contributed by atoms with Gasteiger partial charge < -0.3 is 18.9 Å². The number of ketones is 1. The molecule has 2 aromatic carbocycles. The normalized spacial score (nSPS) is 21.2. The molecular weight excluding hydrogens is 380 g/mol. The number of benzene rings is 2. The lowest BCUT2D eigenvalue weighted by Crippen LogP contribution is -2.35. The molecule has 0 N–H and O–H groups in total. The van der Waals surface area contributed by atoms with Gasteiger partial charge in [0, 0.05) is 31.4 Å². The maximum atomic E-state index is 12.1. The van der Waals surface area contributed by atoms with Crippen molar-refractivity contribution in [3.8, 4) is 5.75 Å². The molecule has 0 radical (unpaired) electrons. The summed E-state index contributed by atoms with van der Waals surface area (Å²) in [7, 11) is 1.65. The molecule has 2 aromatic rings. The summed E-state index contributed by atoms with van der Waals surface area (Å²) in [6.07, 6.45) is 3.15. The molecule has 0 bridgehead atoms. The Bertz CT molecular complexity index is 787. The zero-order valence-electron chi connectivity index (χ0n) is 17.5. The molecule has 5 nitrogen and oxygen atoms in total. The molecule has 1 aliphatic rings. The first kappa shape index (κ1) is 22.2. The predicted octanol–water partition coefficient (Wildman–Crippen LogP) is 5.01. The van der Waals surface area contributed by atoms with Crippen LogP contribution in [0.25, 0.3) is 0 Å². The van der Waals surface area contributed by atoms with Gasteiger partial charge in [0.15, 0.2) is 6.29 Å². The van der Waals surface area contributed by atoms with Gasteiger partial charge in [-0.1, -0.05) is 48.5 Å². The van der Waals surface area contributed by atoms with E-state index in [0.29, 0.717) is 32.5 Å². The number of Topliss-reactive ketones (excluding diaryl/α,β-unsaturated/α-hetero) is 1. The summed E-state index contributed by atoms with van der Waals surface area (Å²) < 4.78 is 23.3. The fraction of sp³-hybridized carbons (Fsp3) is 0.400. The Morgan fingerprint density at radius 3 is 2.53 bits per heavy atom. The molecule has 5 heteroatoms. The van der Waals surface area contributed by atoms with Crippen LogP contribution in [0, 0.1) is 0 Å². The van der Waals surface area contributed by atoms with E-state index in [1.165, 1.54) is 0 Å². The van der Waals surface area contributed by atoms with Gasteiger partial charge in [0.05, 0.1) is 25.9 Å². The Labute approximate surface area is 178 Å². The molecule has 0 spiro atoms. The van der Waals surface area contributed by atoms with Gasteiger partial charge in [-0.2, -0.15) is 0 Å². The van der Waals surface area contributed by atoms with Crippen LogP contribution in [-0.4, -0.2) is 31.7 Å². The molecule has 1 heterocycles. The molecule has 0 unspecified atom stereocenters. The monoisotopic (exact) mass is 410 g/mol. The molecule has 30 heavy (non-hydrogen) atoms. The van der Waals surface area contributed by atoms with Crippen LogP contribution >= 0.6 is 0 Å². The SMILES string of the molecule is C=CCC(=O)C[C@@H]1C[C@H](CCOCc2ccc(OC)cc2)O[C@H](c2ccccc2)O1. The average Bonchev–Trinajstić information content (AvgIpc) is 2.78. The van der Waals surface area contributed by atoms with Crippen molar-refractivity contribution in [2.75, 3.05) is 13.7 Å². The Morgan fingerprint density at radius 2 is 1.83 bits per heavy atom. The van der Waals surface area contributed by atoms with Gasteiger partial charge in [0.2, 0.25) is 0 Å². The summed E-state index contributed by atoms with van der Waals surface area (Å²) in [4.78, 5) is 12.1. The van der Waals surface area contributed by atoms with Gasteiger partial charge in [0.1, 0.15) is 11.5 Å². The lowest BCUT2D eigenvalue weighted by molar-refractivity contribution is -0.250. The summed E-state index contributed by atoms with van der Waals surface area (Å²) in [6, 6.07) is 17.7. The van der Waals surface area contributed by atoms with Crippen LogP contribution in [0.3, 0.4) is 0 Å². The number of hydrogen-bond donors (Lipinski definition) is 0. The quantitative estimate of drug-likeness (QED) is 0.385. The van der Waals surface area contributed by atoms with Crippen molar-refractivity contribution >= 4 is 5.78 Å². The fourth-order valence-corrected chi connectivity index (χ4v) is 3.50. The molecule has 1 saturated heterocycles. The Kier molecular flexibility index (Phi) is 8.63. The zero-order valence-corrected chi connectivity index (χ0v) is 17.5. The summed E-state index contributed by atoms with van der Waals surface area (Å²) in [5.74, 6) is 0.969. The number of methoxy groups -OCH3 is 1. The van der Waals surface area contributed by atoms with Crippen LogP contribution in [-0.2, 0) is 25.6 Å². The molecule has 160 valence electrons. The minimum Gasteiger partial charge on any atom is -0.497 e. The zero-order chi connectivity index (χ0) is 21.2. The summed E-state index contributed by atoms with van der Waals surface area (Å²) in [5, 5.41) is 0. The van der Waals surface area contributed by atoms with Crippen LogP contribution in [0.4, 0.5) is 0 Å². The summed E-state index contributed by atoms with van der Waals surface area (Å²) >= 11 is 0. The largest absolute Gasteiger partial charge is 0.497 e. The van der Waals surface area contributed by atoms with E-state index in [1.807, 2.05) is 54.6 Å². The second-order valence-electron chi connectivity index (χ2n) is 7.42. The number of hydrogen-bond acceptors (Lipinski definition) is 5. The fourth-order valence-electron chi connectivity index (χ4n) is 3.50. The van der Waals surface area contributed by atoms with Gasteiger partial charge in [0.25, 0.3) is 0 Å². The van der Waals surface area contributed by atoms with Crippen molar-refractivity contribution in [3.63, 3.8) is 0 Å². The Balaban J connectivity index is 1.53. The van der Waals surface area contributed by atoms with Crippen molar-refractivity contribution in [2.45, 2.75) is 50.8 Å². The molecule has 0 aromatic heterocycles. The lowest BCUT2D eigenvalue weighted by Gasteiger charge is -2.36. The highest BCUT2D eigenvalue weighted by molar-refractivity contribution is 5.80. The van der Waals surface area contributed by atoms with Crippen LogP contribution in [0.2, 0.25) is 0 Å². The van der Waals surface area contributed by atoms with Crippen molar-refractivity contribution in [3.05, 3.63) is 78.4 Å². The smallest absolute Gasteiger partial charge is 0.184 e. The van der Waals surface area contributed by atoms with E-state index < -0.39 is 6.29 Å². The highest BCUT2D eigenvalue weighted by atomic mass is 16.7. The standard InChI is InChI=1S/C25H30O5/c1-3-7-21(26)16-24-17-23(29-25(30-24)20-8-5-4-6-9-20)14-15-28-18-19-10-12-22(27-2)13-11-19/h3-6,8-13,23-25H,1,7,14-18H2,2H3/t23-,24+,25-/m0/s1. The van der Waals surface area contributed by atoms with E-state index >= 15 is 0 Å². The number of carbonyl (C=O) groups is 1. The van der Waals surface area contributed by atoms with E-state index in [1.54, 1.807) is 13.2 Å². The van der Waals surface area contributed by atoms with Crippen molar-refractivity contribution < 1.29 is 23.7 Å². The first-order valence-corrected chi connectivity index (χ1v) is 10.4. The van der Waals surface area contributed by atoms with Gasteiger partial charge in [-0.25, -0.2) is 0 Å². The number of carbonyl (C=O) groups excluding carboxylic acids is 1. The van der Waals surface area contributed by atoms with Gasteiger partial charge >= 0.3 is 0 Å². The molecular formula is C25H30O5. The molecule has 1 aliphatic heterocycles. The minimum atomic E-state index is -0.465. The molecule has 0 amide bonds. The third-order valence-corrected chi connectivity index (χ3v) is 5.07. The second kappa shape index (κ2) is 11.6. The number of allylic oxidation sites excluding steroid dienone is 1. The Hall–Kier alpha value is -2.47. The van der Waals surface area contributed by atoms with E-state index in [4.69, 9.17) is 18.9 Å². The van der Waals surface area contributed by atoms with Crippen molar-refractivity contribution in [1.82, 2.24) is 0 Å².